The minimum Gasteiger partial charge on any atom is -0.394 e. The number of hydrogen-bond acceptors (Lipinski definition) is 5. The predicted octanol–water partition coefficient (Wildman–Crippen LogP) is 0.623. The summed E-state index contributed by atoms with van der Waals surface area (Å²) in [6.07, 6.45) is 0.461. The maximum absolute atomic E-state index is 12.0. The fraction of sp³-hybridized carbons (Fsp3) is 0.636. The second kappa shape index (κ2) is 5.57. The van der Waals surface area contributed by atoms with E-state index in [1.807, 2.05) is 6.92 Å². The first kappa shape index (κ1) is 14.1. The van der Waals surface area contributed by atoms with E-state index in [4.69, 9.17) is 0 Å². The van der Waals surface area contributed by atoms with Crippen molar-refractivity contribution in [3.05, 3.63) is 15.6 Å². The first-order valence-corrected chi connectivity index (χ1v) is 6.28. The van der Waals surface area contributed by atoms with Crippen LogP contribution in [0, 0.1) is 13.8 Å². The zero-order chi connectivity index (χ0) is 13.1. The molecule has 0 aromatic carbocycles. The summed E-state index contributed by atoms with van der Waals surface area (Å²) in [6, 6.07) is 0. The molecule has 1 aromatic heterocycles. The molecule has 1 amide bonds. The number of nitrogens with one attached hydrogen (secondary N) is 1. The molecule has 1 rings (SSSR count). The van der Waals surface area contributed by atoms with Crippen molar-refractivity contribution in [2.24, 2.45) is 0 Å². The van der Waals surface area contributed by atoms with Gasteiger partial charge in [0, 0.05) is 0 Å². The molecule has 0 unspecified atom stereocenters. The highest BCUT2D eigenvalue weighted by atomic mass is 32.1. The molecule has 1 aromatic rings. The molecule has 0 aliphatic rings. The van der Waals surface area contributed by atoms with Gasteiger partial charge in [-0.25, -0.2) is 4.98 Å². The number of carbonyl (C=O) groups is 1. The molecule has 0 radical (unpaired) electrons. The molecule has 96 valence electrons. The Morgan fingerprint density at radius 2 is 2.00 bits per heavy atom. The Hall–Kier alpha value is -0.980. The summed E-state index contributed by atoms with van der Waals surface area (Å²) >= 11 is 1.31. The van der Waals surface area contributed by atoms with Crippen LogP contribution in [0.25, 0.3) is 0 Å². The third-order valence-electron chi connectivity index (χ3n) is 2.77. The maximum Gasteiger partial charge on any atom is 0.263 e. The number of thiazole rings is 1. The zero-order valence-electron chi connectivity index (χ0n) is 10.3. The molecule has 3 N–H and O–H groups in total. The molecule has 17 heavy (non-hydrogen) atoms. The summed E-state index contributed by atoms with van der Waals surface area (Å²) in [4.78, 5) is 16.7. The second-order valence-corrected chi connectivity index (χ2v) is 5.25. The second-order valence-electron chi connectivity index (χ2n) is 4.05. The topological polar surface area (TPSA) is 82.5 Å². The Labute approximate surface area is 105 Å². The molecule has 0 bridgehead atoms. The van der Waals surface area contributed by atoms with Crippen molar-refractivity contribution in [1.29, 1.82) is 0 Å². The van der Waals surface area contributed by atoms with Crippen molar-refractivity contribution in [3.8, 4) is 0 Å². The van der Waals surface area contributed by atoms with Gasteiger partial charge in [0.2, 0.25) is 0 Å². The lowest BCUT2D eigenvalue weighted by atomic mass is 9.98. The third-order valence-corrected chi connectivity index (χ3v) is 3.84. The standard InChI is InChI=1S/C11H18N2O3S/c1-4-11(5-14,6-15)13-10(16)9-7(2)12-8(3)17-9/h14-15H,4-6H2,1-3H3,(H,13,16). The normalized spacial score (nSPS) is 11.6. The van der Waals surface area contributed by atoms with E-state index in [0.29, 0.717) is 17.0 Å². The first-order chi connectivity index (χ1) is 7.98. The largest absolute Gasteiger partial charge is 0.394 e. The van der Waals surface area contributed by atoms with E-state index in [1.54, 1.807) is 13.8 Å². The average Bonchev–Trinajstić information content (AvgIpc) is 2.65. The predicted molar refractivity (Wildman–Crippen MR) is 66.2 cm³/mol. The number of hydrogen-bond donors (Lipinski definition) is 3. The summed E-state index contributed by atoms with van der Waals surface area (Å²) in [7, 11) is 0. The van der Waals surface area contributed by atoms with Gasteiger partial charge in [0.15, 0.2) is 0 Å². The molecular formula is C11H18N2O3S. The molecule has 0 aliphatic heterocycles. The van der Waals surface area contributed by atoms with Crippen LogP contribution in [0.4, 0.5) is 0 Å². The van der Waals surface area contributed by atoms with Crippen molar-refractivity contribution in [1.82, 2.24) is 10.3 Å². The molecule has 0 saturated carbocycles. The highest BCUT2D eigenvalue weighted by molar-refractivity contribution is 7.13. The van der Waals surface area contributed by atoms with Crippen molar-refractivity contribution < 1.29 is 15.0 Å². The number of rotatable bonds is 5. The fourth-order valence-corrected chi connectivity index (χ4v) is 2.30. The van der Waals surface area contributed by atoms with Gasteiger partial charge in [0.1, 0.15) is 4.88 Å². The van der Waals surface area contributed by atoms with Gasteiger partial charge in [-0.15, -0.1) is 11.3 Å². The Bertz CT molecular complexity index is 391. The fourth-order valence-electron chi connectivity index (χ4n) is 1.48. The lowest BCUT2D eigenvalue weighted by Gasteiger charge is -2.29. The minimum atomic E-state index is -0.957. The number of aliphatic hydroxyl groups is 2. The number of nitrogens with zero attached hydrogens (tertiary/aromatic N) is 1. The number of aliphatic hydroxyl groups excluding tert-OH is 2. The first-order valence-electron chi connectivity index (χ1n) is 5.46. The Kier molecular flexibility index (Phi) is 4.62. The number of carbonyl (C=O) groups excluding carboxylic acids is 1. The molecule has 0 spiro atoms. The van der Waals surface area contributed by atoms with Crippen LogP contribution in [0.3, 0.4) is 0 Å². The van der Waals surface area contributed by atoms with Gasteiger partial charge >= 0.3 is 0 Å². The summed E-state index contributed by atoms with van der Waals surface area (Å²) in [5.41, 5.74) is -0.285. The van der Waals surface area contributed by atoms with E-state index < -0.39 is 5.54 Å². The molecule has 5 nitrogen and oxygen atoms in total. The van der Waals surface area contributed by atoms with Gasteiger partial charge in [-0.2, -0.15) is 0 Å². The van der Waals surface area contributed by atoms with E-state index in [0.717, 1.165) is 5.01 Å². The van der Waals surface area contributed by atoms with Crippen molar-refractivity contribution >= 4 is 17.2 Å². The smallest absolute Gasteiger partial charge is 0.263 e. The molecule has 0 atom stereocenters. The van der Waals surface area contributed by atoms with Crippen LogP contribution in [0.5, 0.6) is 0 Å². The summed E-state index contributed by atoms with van der Waals surface area (Å²) in [5.74, 6) is -0.293. The average molecular weight is 258 g/mol. The third kappa shape index (κ3) is 3.02. The van der Waals surface area contributed by atoms with E-state index in [1.165, 1.54) is 11.3 Å². The molecule has 0 fully saturated rings. The van der Waals surface area contributed by atoms with Crippen molar-refractivity contribution in [2.75, 3.05) is 13.2 Å². The van der Waals surface area contributed by atoms with Gasteiger partial charge < -0.3 is 15.5 Å². The zero-order valence-corrected chi connectivity index (χ0v) is 11.1. The van der Waals surface area contributed by atoms with E-state index in [9.17, 15) is 15.0 Å². The van der Waals surface area contributed by atoms with Crippen LogP contribution in [-0.4, -0.2) is 39.9 Å². The number of aromatic nitrogens is 1. The van der Waals surface area contributed by atoms with Crippen LogP contribution >= 0.6 is 11.3 Å². The molecule has 1 heterocycles. The van der Waals surface area contributed by atoms with Gasteiger partial charge in [0.05, 0.1) is 29.5 Å². The van der Waals surface area contributed by atoms with Crippen LogP contribution in [0.15, 0.2) is 0 Å². The Morgan fingerprint density at radius 3 is 2.35 bits per heavy atom. The van der Waals surface area contributed by atoms with E-state index >= 15 is 0 Å². The van der Waals surface area contributed by atoms with E-state index in [-0.39, 0.29) is 19.1 Å². The number of aryl methyl sites for hydroxylation is 2. The van der Waals surface area contributed by atoms with Crippen LogP contribution in [0.1, 0.15) is 33.7 Å². The van der Waals surface area contributed by atoms with Crippen LogP contribution in [-0.2, 0) is 0 Å². The molecule has 0 saturated heterocycles. The highest BCUT2D eigenvalue weighted by Gasteiger charge is 2.30. The van der Waals surface area contributed by atoms with Crippen molar-refractivity contribution in [2.45, 2.75) is 32.7 Å². The highest BCUT2D eigenvalue weighted by Crippen LogP contribution is 2.18. The van der Waals surface area contributed by atoms with Gasteiger partial charge in [0.25, 0.3) is 5.91 Å². The maximum atomic E-state index is 12.0. The summed E-state index contributed by atoms with van der Waals surface area (Å²) in [6.45, 7) is 4.83. The monoisotopic (exact) mass is 258 g/mol. The Balaban J connectivity index is 2.88. The quantitative estimate of drug-likeness (QED) is 0.723. The van der Waals surface area contributed by atoms with Gasteiger partial charge in [-0.1, -0.05) is 6.92 Å². The summed E-state index contributed by atoms with van der Waals surface area (Å²) in [5, 5.41) is 22.0. The lowest BCUT2D eigenvalue weighted by Crippen LogP contribution is -2.53. The summed E-state index contributed by atoms with van der Waals surface area (Å²) < 4.78 is 0. The molecule has 6 heteroatoms. The minimum absolute atomic E-state index is 0.289. The van der Waals surface area contributed by atoms with Gasteiger partial charge in [-0.05, 0) is 20.3 Å². The SMILES string of the molecule is CCC(CO)(CO)NC(=O)c1sc(C)nc1C. The Morgan fingerprint density at radius 1 is 1.41 bits per heavy atom. The van der Waals surface area contributed by atoms with Crippen LogP contribution < -0.4 is 5.32 Å². The molecular weight excluding hydrogens is 240 g/mol. The van der Waals surface area contributed by atoms with Crippen LogP contribution in [0.2, 0.25) is 0 Å². The van der Waals surface area contributed by atoms with E-state index in [2.05, 4.69) is 10.3 Å². The molecule has 0 aliphatic carbocycles. The number of amides is 1. The van der Waals surface area contributed by atoms with Gasteiger partial charge in [-0.3, -0.25) is 4.79 Å². The van der Waals surface area contributed by atoms with Crippen molar-refractivity contribution in [3.63, 3.8) is 0 Å². The lowest BCUT2D eigenvalue weighted by molar-refractivity contribution is 0.0655.